The van der Waals surface area contributed by atoms with Crippen LogP contribution >= 0.6 is 15.9 Å². The van der Waals surface area contributed by atoms with Gasteiger partial charge in [-0.05, 0) is 52.2 Å². The van der Waals surface area contributed by atoms with Crippen LogP contribution in [0.15, 0.2) is 46.9 Å². The number of nitrogen functional groups attached to an aromatic ring is 1. The number of rotatable bonds is 5. The molecule has 0 fully saturated rings. The van der Waals surface area contributed by atoms with E-state index in [4.69, 9.17) is 10.5 Å². The fourth-order valence-electron chi connectivity index (χ4n) is 1.93. The molecule has 110 valence electrons. The summed E-state index contributed by atoms with van der Waals surface area (Å²) in [5.74, 6) is 0.689. The highest BCUT2D eigenvalue weighted by atomic mass is 79.9. The molecule has 21 heavy (non-hydrogen) atoms. The molecule has 0 bridgehead atoms. The maximum atomic E-state index is 12.1. The zero-order chi connectivity index (χ0) is 15.2. The van der Waals surface area contributed by atoms with Crippen molar-refractivity contribution in [3.63, 3.8) is 0 Å². The first kappa shape index (κ1) is 15.4. The van der Waals surface area contributed by atoms with E-state index >= 15 is 0 Å². The molecule has 0 radical (unpaired) electrons. The second-order valence-electron chi connectivity index (χ2n) is 4.56. The molecule has 4 nitrogen and oxygen atoms in total. The molecule has 0 unspecified atom stereocenters. The quantitative estimate of drug-likeness (QED) is 0.816. The number of hydrogen-bond donors (Lipinski definition) is 2. The van der Waals surface area contributed by atoms with E-state index in [1.807, 2.05) is 24.3 Å². The standard InChI is InChI=1S/C16H17BrN2O2/c1-21-12-7-5-11(6-8-12)9-10-19-16(20)13-3-2-4-14(18)15(13)17/h2-8H,9-10,18H2,1H3,(H,19,20). The molecule has 0 aliphatic carbocycles. The monoisotopic (exact) mass is 348 g/mol. The average Bonchev–Trinajstić information content (AvgIpc) is 2.50. The summed E-state index contributed by atoms with van der Waals surface area (Å²) in [6.07, 6.45) is 0.760. The first-order valence-corrected chi connectivity index (χ1v) is 7.36. The normalized spacial score (nSPS) is 10.2. The Morgan fingerprint density at radius 1 is 1.24 bits per heavy atom. The smallest absolute Gasteiger partial charge is 0.252 e. The topological polar surface area (TPSA) is 64.3 Å². The highest BCUT2D eigenvalue weighted by Crippen LogP contribution is 2.23. The Hall–Kier alpha value is -2.01. The zero-order valence-corrected chi connectivity index (χ0v) is 13.3. The minimum atomic E-state index is -0.136. The van der Waals surface area contributed by atoms with E-state index in [1.165, 1.54) is 0 Å². The van der Waals surface area contributed by atoms with E-state index in [-0.39, 0.29) is 5.91 Å². The van der Waals surface area contributed by atoms with Crippen LogP contribution in [-0.4, -0.2) is 19.6 Å². The molecule has 2 aromatic carbocycles. The lowest BCUT2D eigenvalue weighted by Gasteiger charge is -2.08. The molecule has 5 heteroatoms. The summed E-state index contributed by atoms with van der Waals surface area (Å²) in [4.78, 5) is 12.1. The molecular weight excluding hydrogens is 332 g/mol. The van der Waals surface area contributed by atoms with Gasteiger partial charge in [-0.15, -0.1) is 0 Å². The summed E-state index contributed by atoms with van der Waals surface area (Å²) in [6.45, 7) is 0.562. The summed E-state index contributed by atoms with van der Waals surface area (Å²) in [5.41, 5.74) is 8.01. The van der Waals surface area contributed by atoms with Crippen molar-refractivity contribution < 1.29 is 9.53 Å². The van der Waals surface area contributed by atoms with Crippen molar-refractivity contribution in [2.75, 3.05) is 19.4 Å². The molecular formula is C16H17BrN2O2. The van der Waals surface area contributed by atoms with Crippen LogP contribution in [0.3, 0.4) is 0 Å². The van der Waals surface area contributed by atoms with Crippen LogP contribution in [0.4, 0.5) is 5.69 Å². The number of amides is 1. The lowest BCUT2D eigenvalue weighted by atomic mass is 10.1. The Morgan fingerprint density at radius 2 is 1.95 bits per heavy atom. The second-order valence-corrected chi connectivity index (χ2v) is 5.36. The van der Waals surface area contributed by atoms with E-state index in [0.29, 0.717) is 22.3 Å². The number of carbonyl (C=O) groups is 1. The van der Waals surface area contributed by atoms with E-state index in [1.54, 1.807) is 25.3 Å². The first-order chi connectivity index (χ1) is 10.1. The molecule has 0 atom stereocenters. The molecule has 2 aromatic rings. The Kier molecular flexibility index (Phi) is 5.22. The van der Waals surface area contributed by atoms with Crippen molar-refractivity contribution in [1.82, 2.24) is 5.32 Å². The first-order valence-electron chi connectivity index (χ1n) is 6.57. The van der Waals surface area contributed by atoms with E-state index in [9.17, 15) is 4.79 Å². The molecule has 0 spiro atoms. The van der Waals surface area contributed by atoms with Gasteiger partial charge in [-0.3, -0.25) is 4.79 Å². The summed E-state index contributed by atoms with van der Waals surface area (Å²) in [5, 5.41) is 2.89. The van der Waals surface area contributed by atoms with Crippen LogP contribution < -0.4 is 15.8 Å². The number of hydrogen-bond acceptors (Lipinski definition) is 3. The average molecular weight is 349 g/mol. The number of halogens is 1. The molecule has 0 aliphatic heterocycles. The van der Waals surface area contributed by atoms with Crippen LogP contribution in [0.2, 0.25) is 0 Å². The maximum absolute atomic E-state index is 12.1. The van der Waals surface area contributed by atoms with Gasteiger partial charge in [-0.2, -0.15) is 0 Å². The number of ether oxygens (including phenoxy) is 1. The van der Waals surface area contributed by atoms with Gasteiger partial charge < -0.3 is 15.8 Å². The lowest BCUT2D eigenvalue weighted by molar-refractivity contribution is 0.0953. The van der Waals surface area contributed by atoms with Gasteiger partial charge in [0, 0.05) is 12.2 Å². The largest absolute Gasteiger partial charge is 0.497 e. The third-order valence-electron chi connectivity index (χ3n) is 3.13. The fourth-order valence-corrected chi connectivity index (χ4v) is 2.38. The van der Waals surface area contributed by atoms with Gasteiger partial charge >= 0.3 is 0 Å². The molecule has 2 rings (SSSR count). The van der Waals surface area contributed by atoms with Gasteiger partial charge in [-0.25, -0.2) is 0 Å². The minimum absolute atomic E-state index is 0.136. The predicted molar refractivity (Wildman–Crippen MR) is 87.6 cm³/mol. The van der Waals surface area contributed by atoms with Crippen molar-refractivity contribution in [3.05, 3.63) is 58.1 Å². The minimum Gasteiger partial charge on any atom is -0.497 e. The summed E-state index contributed by atoms with van der Waals surface area (Å²) in [6, 6.07) is 13.0. The van der Waals surface area contributed by atoms with Crippen LogP contribution in [-0.2, 0) is 6.42 Å². The summed E-state index contributed by atoms with van der Waals surface area (Å²) in [7, 11) is 1.64. The van der Waals surface area contributed by atoms with Crippen molar-refractivity contribution in [2.45, 2.75) is 6.42 Å². The second kappa shape index (κ2) is 7.13. The van der Waals surface area contributed by atoms with E-state index in [2.05, 4.69) is 21.2 Å². The van der Waals surface area contributed by atoms with Gasteiger partial charge in [-0.1, -0.05) is 18.2 Å². The summed E-state index contributed by atoms with van der Waals surface area (Å²) >= 11 is 3.33. The van der Waals surface area contributed by atoms with E-state index in [0.717, 1.165) is 17.7 Å². The zero-order valence-electron chi connectivity index (χ0n) is 11.7. The van der Waals surface area contributed by atoms with Crippen molar-refractivity contribution in [1.29, 1.82) is 0 Å². The molecule has 0 aliphatic rings. The van der Waals surface area contributed by atoms with Crippen molar-refractivity contribution >= 4 is 27.5 Å². The SMILES string of the molecule is COc1ccc(CCNC(=O)c2cccc(N)c2Br)cc1. The summed E-state index contributed by atoms with van der Waals surface area (Å²) < 4.78 is 5.74. The maximum Gasteiger partial charge on any atom is 0.252 e. The Morgan fingerprint density at radius 3 is 2.62 bits per heavy atom. The molecule has 0 saturated heterocycles. The highest BCUT2D eigenvalue weighted by Gasteiger charge is 2.10. The number of benzene rings is 2. The van der Waals surface area contributed by atoms with Crippen LogP contribution in [0.25, 0.3) is 0 Å². The van der Waals surface area contributed by atoms with Crippen molar-refractivity contribution in [2.24, 2.45) is 0 Å². The Balaban J connectivity index is 1.90. The van der Waals surface area contributed by atoms with Crippen LogP contribution in [0.1, 0.15) is 15.9 Å². The van der Waals surface area contributed by atoms with Gasteiger partial charge in [0.15, 0.2) is 0 Å². The Bertz CT molecular complexity index is 627. The van der Waals surface area contributed by atoms with Crippen LogP contribution in [0, 0.1) is 0 Å². The molecule has 0 heterocycles. The van der Waals surface area contributed by atoms with Gasteiger partial charge in [0.1, 0.15) is 5.75 Å². The number of nitrogens with one attached hydrogen (secondary N) is 1. The predicted octanol–water partition coefficient (Wildman–Crippen LogP) is 3.01. The number of methoxy groups -OCH3 is 1. The van der Waals surface area contributed by atoms with Crippen LogP contribution in [0.5, 0.6) is 5.75 Å². The molecule has 0 aromatic heterocycles. The van der Waals surface area contributed by atoms with Gasteiger partial charge in [0.25, 0.3) is 5.91 Å². The molecule has 3 N–H and O–H groups in total. The van der Waals surface area contributed by atoms with Crippen molar-refractivity contribution in [3.8, 4) is 5.75 Å². The highest BCUT2D eigenvalue weighted by molar-refractivity contribution is 9.10. The fraction of sp³-hybridized carbons (Fsp3) is 0.188. The molecule has 0 saturated carbocycles. The van der Waals surface area contributed by atoms with Gasteiger partial charge in [0.2, 0.25) is 0 Å². The third kappa shape index (κ3) is 3.98. The molecule has 1 amide bonds. The Labute approximate surface area is 132 Å². The third-order valence-corrected chi connectivity index (χ3v) is 4.02. The number of carbonyl (C=O) groups excluding carboxylic acids is 1. The lowest BCUT2D eigenvalue weighted by Crippen LogP contribution is -2.26. The van der Waals surface area contributed by atoms with E-state index < -0.39 is 0 Å². The van der Waals surface area contributed by atoms with Gasteiger partial charge in [0.05, 0.1) is 17.1 Å². The number of anilines is 1. The number of nitrogens with two attached hydrogens (primary N) is 1.